The van der Waals surface area contributed by atoms with Crippen LogP contribution < -0.4 is 5.32 Å². The second kappa shape index (κ2) is 5.75. The van der Waals surface area contributed by atoms with Crippen molar-refractivity contribution in [3.05, 3.63) is 56.3 Å². The molecule has 0 unspecified atom stereocenters. The van der Waals surface area contributed by atoms with Crippen molar-refractivity contribution < 1.29 is 4.92 Å². The first-order chi connectivity index (χ1) is 9.51. The van der Waals surface area contributed by atoms with E-state index in [-0.39, 0.29) is 5.69 Å². The Balaban J connectivity index is 2.13. The third kappa shape index (κ3) is 2.97. The molecule has 0 aliphatic heterocycles. The third-order valence-electron chi connectivity index (χ3n) is 2.82. The number of rotatable bonds is 4. The summed E-state index contributed by atoms with van der Waals surface area (Å²) in [5.74, 6) is 0. The predicted octanol–water partition coefficient (Wildman–Crippen LogP) is 3.18. The number of hydrogen-bond donors (Lipinski definition) is 1. The van der Waals surface area contributed by atoms with Gasteiger partial charge in [-0.2, -0.15) is 5.26 Å². The number of nitrogens with one attached hydrogen (secondary N) is 1. The van der Waals surface area contributed by atoms with Gasteiger partial charge in [-0.15, -0.1) is 0 Å². The fourth-order valence-electron chi connectivity index (χ4n) is 1.81. The number of benzene rings is 1. The maximum atomic E-state index is 10.8. The SMILES string of the molecule is Cn1cc(CNc2ccc(Br)c([N+](=O)[O-])c2)cc1C#N. The molecule has 2 aromatic rings. The molecular weight excluding hydrogens is 324 g/mol. The van der Waals surface area contributed by atoms with Crippen LogP contribution in [0.3, 0.4) is 0 Å². The molecule has 0 fully saturated rings. The average Bonchev–Trinajstić information content (AvgIpc) is 2.78. The first-order valence-electron chi connectivity index (χ1n) is 5.74. The van der Waals surface area contributed by atoms with E-state index in [0.717, 1.165) is 5.56 Å². The van der Waals surface area contributed by atoms with Gasteiger partial charge >= 0.3 is 0 Å². The zero-order chi connectivity index (χ0) is 14.7. The van der Waals surface area contributed by atoms with Gasteiger partial charge in [0.1, 0.15) is 11.8 Å². The Morgan fingerprint density at radius 3 is 2.85 bits per heavy atom. The number of nitrogens with zero attached hydrogens (tertiary/aromatic N) is 3. The van der Waals surface area contributed by atoms with Crippen molar-refractivity contribution in [1.82, 2.24) is 4.57 Å². The summed E-state index contributed by atoms with van der Waals surface area (Å²) in [5.41, 5.74) is 2.18. The van der Waals surface area contributed by atoms with Gasteiger partial charge in [-0.05, 0) is 39.7 Å². The second-order valence-electron chi connectivity index (χ2n) is 4.23. The Morgan fingerprint density at radius 2 is 2.25 bits per heavy atom. The van der Waals surface area contributed by atoms with E-state index in [2.05, 4.69) is 27.3 Å². The molecule has 0 spiro atoms. The molecule has 7 heteroatoms. The van der Waals surface area contributed by atoms with Crippen LogP contribution in [0.1, 0.15) is 11.3 Å². The van der Waals surface area contributed by atoms with E-state index in [0.29, 0.717) is 22.4 Å². The molecule has 0 saturated carbocycles. The Morgan fingerprint density at radius 1 is 1.50 bits per heavy atom. The van der Waals surface area contributed by atoms with E-state index in [1.807, 2.05) is 6.20 Å². The summed E-state index contributed by atoms with van der Waals surface area (Å²) in [6.45, 7) is 0.494. The Kier molecular flexibility index (Phi) is 4.05. The molecule has 0 bridgehead atoms. The van der Waals surface area contributed by atoms with Crippen LogP contribution in [0.25, 0.3) is 0 Å². The molecule has 1 heterocycles. The van der Waals surface area contributed by atoms with Crippen LogP contribution in [0.15, 0.2) is 34.9 Å². The predicted molar refractivity (Wildman–Crippen MR) is 78.3 cm³/mol. The molecule has 0 aliphatic carbocycles. The number of aryl methyl sites for hydroxylation is 1. The normalized spacial score (nSPS) is 10.1. The van der Waals surface area contributed by atoms with Crippen molar-refractivity contribution in [1.29, 1.82) is 5.26 Å². The molecule has 2 rings (SSSR count). The van der Waals surface area contributed by atoms with Crippen LogP contribution in [0.5, 0.6) is 0 Å². The van der Waals surface area contributed by atoms with E-state index >= 15 is 0 Å². The summed E-state index contributed by atoms with van der Waals surface area (Å²) in [4.78, 5) is 10.4. The second-order valence-corrected chi connectivity index (χ2v) is 5.09. The van der Waals surface area contributed by atoms with Gasteiger partial charge < -0.3 is 9.88 Å². The first-order valence-corrected chi connectivity index (χ1v) is 6.53. The molecule has 0 radical (unpaired) electrons. The number of halogens is 1. The topological polar surface area (TPSA) is 83.9 Å². The number of nitro groups is 1. The maximum absolute atomic E-state index is 10.8. The highest BCUT2D eigenvalue weighted by atomic mass is 79.9. The smallest absolute Gasteiger partial charge is 0.285 e. The number of aromatic nitrogens is 1. The summed E-state index contributed by atoms with van der Waals surface area (Å²) < 4.78 is 2.18. The molecule has 1 aromatic carbocycles. The maximum Gasteiger partial charge on any atom is 0.285 e. The average molecular weight is 335 g/mol. The molecule has 1 aromatic heterocycles. The fourth-order valence-corrected chi connectivity index (χ4v) is 2.20. The largest absolute Gasteiger partial charge is 0.381 e. The molecule has 102 valence electrons. The summed E-state index contributed by atoms with van der Waals surface area (Å²) in [6.07, 6.45) is 1.85. The van der Waals surface area contributed by atoms with Gasteiger partial charge in [-0.1, -0.05) is 0 Å². The zero-order valence-electron chi connectivity index (χ0n) is 10.6. The molecule has 0 atom stereocenters. The van der Waals surface area contributed by atoms with Crippen molar-refractivity contribution in [2.75, 3.05) is 5.32 Å². The summed E-state index contributed by atoms with van der Waals surface area (Å²) in [6, 6.07) is 8.72. The third-order valence-corrected chi connectivity index (χ3v) is 3.49. The van der Waals surface area contributed by atoms with Gasteiger partial charge in [-0.25, -0.2) is 0 Å². The van der Waals surface area contributed by atoms with Crippen LogP contribution in [0.2, 0.25) is 0 Å². The summed E-state index contributed by atoms with van der Waals surface area (Å²) >= 11 is 3.14. The summed E-state index contributed by atoms with van der Waals surface area (Å²) in [5, 5.41) is 22.8. The van der Waals surface area contributed by atoms with Gasteiger partial charge in [0.25, 0.3) is 5.69 Å². The van der Waals surface area contributed by atoms with Crippen molar-refractivity contribution in [3.8, 4) is 6.07 Å². The van der Waals surface area contributed by atoms with E-state index < -0.39 is 4.92 Å². The standard InChI is InChI=1S/C13H11BrN4O2/c1-17-8-9(4-11(17)6-15)7-16-10-2-3-12(14)13(5-10)18(19)20/h2-5,8,16H,7H2,1H3. The Labute approximate surface area is 123 Å². The molecule has 0 aliphatic rings. The quantitative estimate of drug-likeness (QED) is 0.687. The number of nitro benzene ring substituents is 1. The van der Waals surface area contributed by atoms with E-state index in [4.69, 9.17) is 5.26 Å². The van der Waals surface area contributed by atoms with Crippen molar-refractivity contribution in [2.24, 2.45) is 7.05 Å². The van der Waals surface area contributed by atoms with Crippen LogP contribution in [0, 0.1) is 21.4 Å². The molecule has 0 saturated heterocycles. The lowest BCUT2D eigenvalue weighted by atomic mass is 10.2. The lowest BCUT2D eigenvalue weighted by Crippen LogP contribution is -1.99. The van der Waals surface area contributed by atoms with Crippen LogP contribution in [0.4, 0.5) is 11.4 Å². The van der Waals surface area contributed by atoms with Crippen molar-refractivity contribution >= 4 is 27.3 Å². The van der Waals surface area contributed by atoms with E-state index in [1.165, 1.54) is 6.07 Å². The van der Waals surface area contributed by atoms with Crippen molar-refractivity contribution in [2.45, 2.75) is 6.54 Å². The van der Waals surface area contributed by atoms with E-state index in [1.54, 1.807) is 29.8 Å². The van der Waals surface area contributed by atoms with Crippen molar-refractivity contribution in [3.63, 3.8) is 0 Å². The minimum atomic E-state index is -0.439. The highest BCUT2D eigenvalue weighted by Crippen LogP contribution is 2.28. The monoisotopic (exact) mass is 334 g/mol. The zero-order valence-corrected chi connectivity index (χ0v) is 12.2. The molecule has 6 nitrogen and oxygen atoms in total. The Hall–Kier alpha value is -2.33. The van der Waals surface area contributed by atoms with Crippen LogP contribution in [-0.2, 0) is 13.6 Å². The lowest BCUT2D eigenvalue weighted by molar-refractivity contribution is -0.385. The Bertz CT molecular complexity index is 703. The van der Waals surface area contributed by atoms with Gasteiger partial charge in [-0.3, -0.25) is 10.1 Å². The number of nitriles is 1. The fraction of sp³-hybridized carbons (Fsp3) is 0.154. The van der Waals surface area contributed by atoms with Crippen LogP contribution in [-0.4, -0.2) is 9.49 Å². The highest BCUT2D eigenvalue weighted by molar-refractivity contribution is 9.10. The van der Waals surface area contributed by atoms with Gasteiger partial charge in [0, 0.05) is 31.5 Å². The van der Waals surface area contributed by atoms with E-state index in [9.17, 15) is 10.1 Å². The lowest BCUT2D eigenvalue weighted by Gasteiger charge is -2.05. The minimum absolute atomic E-state index is 0.0146. The molecular formula is C13H11BrN4O2. The molecule has 0 amide bonds. The van der Waals surface area contributed by atoms with Gasteiger partial charge in [0.2, 0.25) is 0 Å². The van der Waals surface area contributed by atoms with Gasteiger partial charge in [0.15, 0.2) is 0 Å². The summed E-state index contributed by atoms with van der Waals surface area (Å²) in [7, 11) is 1.80. The molecule has 20 heavy (non-hydrogen) atoms. The minimum Gasteiger partial charge on any atom is -0.381 e. The number of hydrogen-bond acceptors (Lipinski definition) is 4. The first kappa shape index (κ1) is 14.1. The highest BCUT2D eigenvalue weighted by Gasteiger charge is 2.12. The van der Waals surface area contributed by atoms with Crippen LogP contribution >= 0.6 is 15.9 Å². The van der Waals surface area contributed by atoms with Gasteiger partial charge in [0.05, 0.1) is 9.40 Å². The number of anilines is 1. The molecule has 1 N–H and O–H groups in total.